The first-order valence-corrected chi connectivity index (χ1v) is 8.95. The van der Waals surface area contributed by atoms with Crippen molar-refractivity contribution in [3.63, 3.8) is 0 Å². The maximum absolute atomic E-state index is 5.36. The lowest BCUT2D eigenvalue weighted by Crippen LogP contribution is -3.00. The van der Waals surface area contributed by atoms with Crippen molar-refractivity contribution in [2.24, 2.45) is 0 Å². The molecule has 0 spiro atoms. The normalized spacial score (nSPS) is 21.2. The molecule has 0 N–H and O–H groups in total. The summed E-state index contributed by atoms with van der Waals surface area (Å²) < 4.78 is 7.87. The largest absolute Gasteiger partial charge is 1.00 e. The van der Waals surface area contributed by atoms with Crippen molar-refractivity contribution in [2.45, 2.75) is 38.4 Å². The molecular formula is C20H25BrN4O. The van der Waals surface area contributed by atoms with E-state index in [9.17, 15) is 0 Å². The van der Waals surface area contributed by atoms with Crippen molar-refractivity contribution in [1.82, 2.24) is 14.9 Å². The summed E-state index contributed by atoms with van der Waals surface area (Å²) in [5.41, 5.74) is 3.99. The Balaban J connectivity index is 0.00000196. The molecule has 2 heterocycles. The van der Waals surface area contributed by atoms with E-state index in [4.69, 9.17) is 4.74 Å². The molecule has 2 aromatic rings. The Morgan fingerprint density at radius 3 is 2.65 bits per heavy atom. The average Bonchev–Trinajstić information content (AvgIpc) is 2.90. The van der Waals surface area contributed by atoms with Crippen LogP contribution in [-0.2, 0) is 24.1 Å². The Hall–Kier alpha value is -1.79. The van der Waals surface area contributed by atoms with Gasteiger partial charge in [0.1, 0.15) is 25.2 Å². The molecule has 1 aromatic carbocycles. The van der Waals surface area contributed by atoms with E-state index in [1.54, 1.807) is 19.5 Å². The fourth-order valence-corrected chi connectivity index (χ4v) is 4.29. The van der Waals surface area contributed by atoms with Crippen LogP contribution in [0.5, 0.6) is 0 Å². The van der Waals surface area contributed by atoms with E-state index in [-0.39, 0.29) is 17.0 Å². The van der Waals surface area contributed by atoms with Gasteiger partial charge < -0.3 is 21.7 Å². The zero-order valence-electron chi connectivity index (χ0n) is 15.3. The molecule has 0 fully saturated rings. The highest BCUT2D eigenvalue weighted by Crippen LogP contribution is 2.31. The summed E-state index contributed by atoms with van der Waals surface area (Å²) in [6, 6.07) is 9.84. The third kappa shape index (κ3) is 3.53. The molecule has 4 rings (SSSR count). The fraction of sp³-hybridized carbons (Fsp3) is 0.450. The molecule has 0 saturated carbocycles. The number of rotatable bonds is 5. The molecule has 0 radical (unpaired) electrons. The second kappa shape index (κ2) is 8.27. The van der Waals surface area contributed by atoms with Gasteiger partial charge in [-0.15, -0.1) is 0 Å². The minimum absolute atomic E-state index is 0. The Morgan fingerprint density at radius 2 is 1.96 bits per heavy atom. The number of fused-ring (bicyclic) bond motifs is 2. The van der Waals surface area contributed by atoms with Gasteiger partial charge in [-0.1, -0.05) is 24.3 Å². The molecule has 0 bridgehead atoms. The molecule has 2 unspecified atom stereocenters. The zero-order chi connectivity index (χ0) is 17.2. The molecular weight excluding hydrogens is 392 g/mol. The molecule has 1 aromatic heterocycles. The standard InChI is InChI=1S/C20H25N4O.BrH/c1-15-23(9-10-25-2)19-11-16-5-3-4-6-17(16)12-20(19)24(15)14-18-13-21-7-8-22-18;/h3-8,13,19-20H,9-12,14H2,1-2H3;1H/q+1;/p-1. The highest BCUT2D eigenvalue weighted by Gasteiger charge is 2.47. The monoisotopic (exact) mass is 416 g/mol. The third-order valence-corrected chi connectivity index (χ3v) is 5.54. The van der Waals surface area contributed by atoms with E-state index in [0.29, 0.717) is 12.1 Å². The Bertz CT molecular complexity index is 780. The lowest BCUT2D eigenvalue weighted by molar-refractivity contribution is -0.576. The number of amidine groups is 1. The first-order chi connectivity index (χ1) is 12.3. The minimum Gasteiger partial charge on any atom is -1.00 e. The van der Waals surface area contributed by atoms with Crippen molar-refractivity contribution >= 4 is 5.84 Å². The van der Waals surface area contributed by atoms with Crippen LogP contribution in [0.4, 0.5) is 0 Å². The second-order valence-electron chi connectivity index (χ2n) is 6.87. The maximum Gasteiger partial charge on any atom is 0.244 e. The first-order valence-electron chi connectivity index (χ1n) is 8.95. The number of benzene rings is 1. The van der Waals surface area contributed by atoms with Crippen LogP contribution < -0.4 is 17.0 Å². The quantitative estimate of drug-likeness (QED) is 0.580. The zero-order valence-corrected chi connectivity index (χ0v) is 16.9. The van der Waals surface area contributed by atoms with Crippen LogP contribution in [0.3, 0.4) is 0 Å². The van der Waals surface area contributed by atoms with Crippen molar-refractivity contribution in [1.29, 1.82) is 0 Å². The average molecular weight is 417 g/mol. The summed E-state index contributed by atoms with van der Waals surface area (Å²) in [6.45, 7) is 4.73. The Labute approximate surface area is 165 Å². The summed E-state index contributed by atoms with van der Waals surface area (Å²) in [6.07, 6.45) is 7.56. The molecule has 1 aliphatic carbocycles. The molecule has 1 aliphatic heterocycles. The molecule has 138 valence electrons. The number of ether oxygens (including phenoxy) is 1. The highest BCUT2D eigenvalue weighted by atomic mass is 79.9. The van der Waals surface area contributed by atoms with Crippen LogP contribution in [0.1, 0.15) is 23.7 Å². The maximum atomic E-state index is 5.36. The molecule has 6 heteroatoms. The summed E-state index contributed by atoms with van der Waals surface area (Å²) >= 11 is 0. The smallest absolute Gasteiger partial charge is 0.244 e. The molecule has 0 amide bonds. The molecule has 5 nitrogen and oxygen atoms in total. The van der Waals surface area contributed by atoms with Gasteiger partial charge in [0.15, 0.2) is 0 Å². The van der Waals surface area contributed by atoms with E-state index in [0.717, 1.165) is 38.2 Å². The van der Waals surface area contributed by atoms with Gasteiger partial charge in [-0.25, -0.2) is 0 Å². The lowest BCUT2D eigenvalue weighted by atomic mass is 9.84. The third-order valence-electron chi connectivity index (χ3n) is 5.54. The minimum atomic E-state index is 0. The van der Waals surface area contributed by atoms with Crippen LogP contribution in [-0.4, -0.2) is 57.6 Å². The van der Waals surface area contributed by atoms with Gasteiger partial charge in [-0.2, -0.15) is 0 Å². The van der Waals surface area contributed by atoms with Gasteiger partial charge in [0.2, 0.25) is 5.84 Å². The fourth-order valence-electron chi connectivity index (χ4n) is 4.29. The SMILES string of the molecule is COCCN1C(C)=[N+](Cc2cnccn2)C2Cc3ccccc3CC21.[Br-]. The Kier molecular flexibility index (Phi) is 6.04. The lowest BCUT2D eigenvalue weighted by Gasteiger charge is -2.29. The molecule has 2 aliphatic rings. The van der Waals surface area contributed by atoms with Gasteiger partial charge in [-0.3, -0.25) is 19.4 Å². The van der Waals surface area contributed by atoms with Gasteiger partial charge in [0.05, 0.1) is 18.5 Å². The molecule has 2 atom stereocenters. The number of hydrogen-bond acceptors (Lipinski definition) is 4. The van der Waals surface area contributed by atoms with E-state index < -0.39 is 0 Å². The van der Waals surface area contributed by atoms with Crippen LogP contribution in [0.15, 0.2) is 42.9 Å². The predicted molar refractivity (Wildman–Crippen MR) is 96.7 cm³/mol. The number of hydrogen-bond donors (Lipinski definition) is 0. The van der Waals surface area contributed by atoms with Crippen molar-refractivity contribution in [3.8, 4) is 0 Å². The first kappa shape index (κ1) is 19.0. The number of aromatic nitrogens is 2. The Morgan fingerprint density at radius 1 is 1.19 bits per heavy atom. The second-order valence-corrected chi connectivity index (χ2v) is 6.87. The molecule has 26 heavy (non-hydrogen) atoms. The van der Waals surface area contributed by atoms with Crippen molar-refractivity contribution in [3.05, 3.63) is 59.7 Å². The van der Waals surface area contributed by atoms with Crippen molar-refractivity contribution < 1.29 is 26.3 Å². The summed E-state index contributed by atoms with van der Waals surface area (Å²) in [7, 11) is 1.77. The van der Waals surface area contributed by atoms with E-state index in [1.165, 1.54) is 17.0 Å². The van der Waals surface area contributed by atoms with Gasteiger partial charge >= 0.3 is 0 Å². The summed E-state index contributed by atoms with van der Waals surface area (Å²) in [5, 5.41) is 0. The van der Waals surface area contributed by atoms with Crippen LogP contribution in [0, 0.1) is 0 Å². The number of halogens is 1. The van der Waals surface area contributed by atoms with Crippen LogP contribution in [0.2, 0.25) is 0 Å². The van der Waals surface area contributed by atoms with E-state index in [2.05, 4.69) is 50.6 Å². The number of nitrogens with zero attached hydrogens (tertiary/aromatic N) is 4. The predicted octanol–water partition coefficient (Wildman–Crippen LogP) is -1.09. The van der Waals surface area contributed by atoms with Crippen molar-refractivity contribution in [2.75, 3.05) is 20.3 Å². The summed E-state index contributed by atoms with van der Waals surface area (Å²) in [5.74, 6) is 1.32. The van der Waals surface area contributed by atoms with Crippen LogP contribution in [0.25, 0.3) is 0 Å². The summed E-state index contributed by atoms with van der Waals surface area (Å²) in [4.78, 5) is 11.2. The van der Waals surface area contributed by atoms with Gasteiger partial charge in [-0.05, 0) is 11.1 Å². The topological polar surface area (TPSA) is 41.3 Å². The number of methoxy groups -OCH3 is 1. The van der Waals surface area contributed by atoms with E-state index in [1.807, 2.05) is 6.20 Å². The highest BCUT2D eigenvalue weighted by molar-refractivity contribution is 5.76. The van der Waals surface area contributed by atoms with Gasteiger partial charge in [0, 0.05) is 39.3 Å². The van der Waals surface area contributed by atoms with E-state index >= 15 is 0 Å². The van der Waals surface area contributed by atoms with Crippen LogP contribution >= 0.6 is 0 Å². The molecule has 0 saturated heterocycles. The van der Waals surface area contributed by atoms with Gasteiger partial charge in [0.25, 0.3) is 0 Å².